The van der Waals surface area contributed by atoms with Crippen LogP contribution in [0.3, 0.4) is 0 Å². The molecule has 0 unspecified atom stereocenters. The number of benzene rings is 2. The van der Waals surface area contributed by atoms with Gasteiger partial charge in [-0.3, -0.25) is 4.79 Å². The minimum atomic E-state index is -0.222. The highest BCUT2D eigenvalue weighted by Gasteiger charge is 2.11. The van der Waals surface area contributed by atoms with E-state index in [2.05, 4.69) is 41.4 Å². The van der Waals surface area contributed by atoms with E-state index in [1.54, 1.807) is 23.5 Å². The predicted octanol–water partition coefficient (Wildman–Crippen LogP) is 9.14. The van der Waals surface area contributed by atoms with Crippen LogP contribution >= 0.6 is 22.9 Å². The molecule has 1 aromatic heterocycles. The topological polar surface area (TPSA) is 51.4 Å². The van der Waals surface area contributed by atoms with E-state index in [1.807, 2.05) is 24.3 Å². The van der Waals surface area contributed by atoms with Crippen molar-refractivity contribution in [1.29, 1.82) is 0 Å². The highest BCUT2D eigenvalue weighted by Crippen LogP contribution is 2.29. The molecule has 1 N–H and O–H groups in total. The first-order valence-corrected chi connectivity index (χ1v) is 16.2. The van der Waals surface area contributed by atoms with Crippen molar-refractivity contribution < 1.29 is 18.8 Å². The van der Waals surface area contributed by atoms with Crippen LogP contribution < -0.4 is 19.4 Å². The largest absolute Gasteiger partial charge is 0.492 e. The molecule has 0 aliphatic rings. The molecule has 0 atom stereocenters. The SMILES string of the molecule is CCCCCCCCCCCCCCOc1ccc(OCC(=O)Nc2cccc(C[n+]3ccsc3C)c2)cc1Cl. The van der Waals surface area contributed by atoms with Gasteiger partial charge in [0.25, 0.3) is 5.91 Å². The van der Waals surface area contributed by atoms with Crippen molar-refractivity contribution in [2.75, 3.05) is 18.5 Å². The van der Waals surface area contributed by atoms with Crippen LogP contribution in [0, 0.1) is 6.92 Å². The molecule has 1 amide bonds. The van der Waals surface area contributed by atoms with Crippen LogP contribution in [0.4, 0.5) is 5.69 Å². The smallest absolute Gasteiger partial charge is 0.262 e. The maximum Gasteiger partial charge on any atom is 0.262 e. The molecule has 0 aliphatic carbocycles. The molecule has 0 bridgehead atoms. The number of aryl methyl sites for hydroxylation is 1. The summed E-state index contributed by atoms with van der Waals surface area (Å²) in [6.45, 7) is 5.69. The maximum atomic E-state index is 12.5. The van der Waals surface area contributed by atoms with Gasteiger partial charge in [-0.1, -0.05) is 113 Å². The Morgan fingerprint density at radius 3 is 2.25 bits per heavy atom. The van der Waals surface area contributed by atoms with Gasteiger partial charge < -0.3 is 14.8 Å². The zero-order valence-electron chi connectivity index (χ0n) is 24.3. The summed E-state index contributed by atoms with van der Waals surface area (Å²) in [6.07, 6.45) is 17.9. The standard InChI is InChI=1S/C33H45ClN2O3S/c1-3-4-5-6-7-8-9-10-11-12-13-14-21-38-32-19-18-30(24-31(32)34)39-26-33(37)35-29-17-15-16-28(23-29)25-36-20-22-40-27(36)2/h15-20,22-24H,3-14,21,25-26H2,1-2H3/p+1. The van der Waals surface area contributed by atoms with Crippen molar-refractivity contribution >= 4 is 34.5 Å². The summed E-state index contributed by atoms with van der Waals surface area (Å²) in [7, 11) is 0. The fourth-order valence-electron chi connectivity index (χ4n) is 4.64. The number of halogens is 1. The van der Waals surface area contributed by atoms with Crippen LogP contribution in [-0.4, -0.2) is 19.1 Å². The number of amides is 1. The Morgan fingerprint density at radius 1 is 0.900 bits per heavy atom. The molecular formula is C33H46ClN2O3S+. The lowest BCUT2D eigenvalue weighted by Crippen LogP contribution is -2.34. The summed E-state index contributed by atoms with van der Waals surface area (Å²) in [5, 5.41) is 6.71. The Kier molecular flexibility index (Phi) is 15.0. The van der Waals surface area contributed by atoms with Crippen molar-refractivity contribution in [2.24, 2.45) is 0 Å². The summed E-state index contributed by atoms with van der Waals surface area (Å²) >= 11 is 8.12. The third-order valence-electron chi connectivity index (χ3n) is 6.98. The van der Waals surface area contributed by atoms with Gasteiger partial charge >= 0.3 is 0 Å². The molecule has 1 heterocycles. The molecule has 0 saturated heterocycles. The van der Waals surface area contributed by atoms with Gasteiger partial charge in [-0.15, -0.1) is 0 Å². The third-order valence-corrected chi connectivity index (χ3v) is 8.11. The van der Waals surface area contributed by atoms with Crippen LogP contribution in [0.15, 0.2) is 54.0 Å². The Bertz CT molecular complexity index is 1150. The molecule has 0 saturated carbocycles. The number of rotatable bonds is 20. The second-order valence-electron chi connectivity index (χ2n) is 10.4. The summed E-state index contributed by atoms with van der Waals surface area (Å²) < 4.78 is 13.7. The molecule has 3 aromatic rings. The first-order chi connectivity index (χ1) is 19.5. The average Bonchev–Trinajstić information content (AvgIpc) is 3.35. The molecule has 40 heavy (non-hydrogen) atoms. The van der Waals surface area contributed by atoms with Gasteiger partial charge in [0.2, 0.25) is 5.01 Å². The van der Waals surface area contributed by atoms with Gasteiger partial charge in [0.05, 0.1) is 17.0 Å². The lowest BCUT2D eigenvalue weighted by molar-refractivity contribution is -0.689. The van der Waals surface area contributed by atoms with Crippen LogP contribution in [0.25, 0.3) is 0 Å². The molecular weight excluding hydrogens is 540 g/mol. The van der Waals surface area contributed by atoms with Crippen LogP contribution in [0.1, 0.15) is 94.5 Å². The Morgan fingerprint density at radius 2 is 1.60 bits per heavy atom. The van der Waals surface area contributed by atoms with Crippen molar-refractivity contribution in [3.05, 3.63) is 69.6 Å². The predicted molar refractivity (Wildman–Crippen MR) is 167 cm³/mol. The number of unbranched alkanes of at least 4 members (excludes halogenated alkanes) is 11. The number of hydrogen-bond acceptors (Lipinski definition) is 4. The van der Waals surface area contributed by atoms with Crippen molar-refractivity contribution in [1.82, 2.24) is 0 Å². The number of nitrogens with one attached hydrogen (secondary N) is 1. The molecule has 5 nitrogen and oxygen atoms in total. The molecule has 3 rings (SSSR count). The van der Waals surface area contributed by atoms with Gasteiger partial charge in [0.1, 0.15) is 11.5 Å². The molecule has 0 aliphatic heterocycles. The number of hydrogen-bond donors (Lipinski definition) is 1. The summed E-state index contributed by atoms with van der Waals surface area (Å²) in [4.78, 5) is 12.5. The number of aromatic nitrogens is 1. The Hall–Kier alpha value is -2.57. The molecule has 2 aromatic carbocycles. The van der Waals surface area contributed by atoms with Crippen LogP contribution in [-0.2, 0) is 11.3 Å². The second-order valence-corrected chi connectivity index (χ2v) is 11.9. The van der Waals surface area contributed by atoms with Gasteiger partial charge in [-0.2, -0.15) is 4.57 Å². The molecule has 0 radical (unpaired) electrons. The van der Waals surface area contributed by atoms with Crippen LogP contribution in [0.2, 0.25) is 5.02 Å². The highest BCUT2D eigenvalue weighted by molar-refractivity contribution is 7.09. The molecule has 0 fully saturated rings. The monoisotopic (exact) mass is 585 g/mol. The van der Waals surface area contributed by atoms with Gasteiger partial charge in [-0.05, 0) is 30.7 Å². The van der Waals surface area contributed by atoms with E-state index < -0.39 is 0 Å². The van der Waals surface area contributed by atoms with E-state index in [0.717, 1.165) is 24.2 Å². The Balaban J connectivity index is 1.28. The first kappa shape index (κ1) is 32.0. The van der Waals surface area contributed by atoms with Crippen LogP contribution in [0.5, 0.6) is 11.5 Å². The van der Waals surface area contributed by atoms with Crippen molar-refractivity contribution in [2.45, 2.75) is 97.4 Å². The van der Waals surface area contributed by atoms with E-state index in [-0.39, 0.29) is 12.5 Å². The molecule has 218 valence electrons. The number of anilines is 1. The van der Waals surface area contributed by atoms with Gasteiger partial charge in [0, 0.05) is 24.2 Å². The number of carbonyl (C=O) groups is 1. The van der Waals surface area contributed by atoms with E-state index in [1.165, 1.54) is 75.6 Å². The second kappa shape index (κ2) is 18.7. The Labute approximate surface area is 249 Å². The summed E-state index contributed by atoms with van der Waals surface area (Å²) in [6, 6.07) is 13.2. The zero-order chi connectivity index (χ0) is 28.4. The van der Waals surface area contributed by atoms with Crippen molar-refractivity contribution in [3.63, 3.8) is 0 Å². The normalized spacial score (nSPS) is 11.0. The average molecular weight is 586 g/mol. The molecule has 7 heteroatoms. The van der Waals surface area contributed by atoms with Gasteiger partial charge in [0.15, 0.2) is 19.3 Å². The van der Waals surface area contributed by atoms with E-state index in [0.29, 0.717) is 23.1 Å². The zero-order valence-corrected chi connectivity index (χ0v) is 25.8. The van der Waals surface area contributed by atoms with Crippen molar-refractivity contribution in [3.8, 4) is 11.5 Å². The lowest BCUT2D eigenvalue weighted by atomic mass is 10.1. The number of ether oxygens (including phenoxy) is 2. The summed E-state index contributed by atoms with van der Waals surface area (Å²) in [5.74, 6) is 0.966. The number of nitrogens with zero attached hydrogens (tertiary/aromatic N) is 1. The summed E-state index contributed by atoms with van der Waals surface area (Å²) in [5.41, 5.74) is 1.87. The fraction of sp³-hybridized carbons (Fsp3) is 0.515. The third kappa shape index (κ3) is 12.3. The maximum absolute atomic E-state index is 12.5. The highest BCUT2D eigenvalue weighted by atomic mass is 35.5. The fourth-order valence-corrected chi connectivity index (χ4v) is 5.53. The number of carbonyl (C=O) groups excluding carboxylic acids is 1. The number of thiazole rings is 1. The molecule has 0 spiro atoms. The van der Waals surface area contributed by atoms with E-state index in [4.69, 9.17) is 21.1 Å². The quantitative estimate of drug-likeness (QED) is 0.106. The minimum Gasteiger partial charge on any atom is -0.492 e. The first-order valence-electron chi connectivity index (χ1n) is 14.9. The minimum absolute atomic E-state index is 0.0992. The van der Waals surface area contributed by atoms with E-state index >= 15 is 0 Å². The van der Waals surface area contributed by atoms with Gasteiger partial charge in [-0.25, -0.2) is 0 Å². The lowest BCUT2D eigenvalue weighted by Gasteiger charge is -2.11. The van der Waals surface area contributed by atoms with E-state index in [9.17, 15) is 4.79 Å².